The van der Waals surface area contributed by atoms with Crippen LogP contribution >= 0.6 is 11.6 Å². The molecule has 0 heterocycles. The average Bonchev–Trinajstić information content (AvgIpc) is 2.37. The molecule has 0 bridgehead atoms. The zero-order valence-electron chi connectivity index (χ0n) is 10.4. The normalized spacial score (nSPS) is 9.94. The van der Waals surface area contributed by atoms with Crippen molar-refractivity contribution >= 4 is 29.1 Å². The predicted molar refractivity (Wildman–Crippen MR) is 71.5 cm³/mol. The van der Waals surface area contributed by atoms with E-state index >= 15 is 0 Å². The maximum atomic E-state index is 12.1. The molecule has 18 heavy (non-hydrogen) atoms. The third-order valence-corrected chi connectivity index (χ3v) is 2.91. The van der Waals surface area contributed by atoms with E-state index in [1.165, 1.54) is 4.90 Å². The molecule has 0 aliphatic carbocycles. The Hall–Kier alpha value is -1.75. The van der Waals surface area contributed by atoms with Gasteiger partial charge in [0.1, 0.15) is 0 Å². The fraction of sp³-hybridized carbons (Fsp3) is 0.333. The number of halogens is 1. The van der Waals surface area contributed by atoms with E-state index in [-0.39, 0.29) is 23.9 Å². The van der Waals surface area contributed by atoms with Crippen LogP contribution in [0.1, 0.15) is 16.8 Å². The maximum absolute atomic E-state index is 12.1. The molecule has 0 spiro atoms. The van der Waals surface area contributed by atoms with Crippen LogP contribution in [0.15, 0.2) is 18.2 Å². The third kappa shape index (κ3) is 3.37. The SMILES string of the molecule is CNC(=O)CCN(C)C(=O)c1cccc(Cl)c1N. The Balaban J connectivity index is 2.74. The molecule has 2 amide bonds. The highest BCUT2D eigenvalue weighted by Gasteiger charge is 2.16. The Kier molecular flexibility index (Phi) is 4.97. The predicted octanol–water partition coefficient (Wildman–Crippen LogP) is 1.13. The molecule has 0 aromatic heterocycles. The van der Waals surface area contributed by atoms with Crippen molar-refractivity contribution in [3.8, 4) is 0 Å². The molecule has 0 saturated heterocycles. The van der Waals surface area contributed by atoms with Gasteiger partial charge < -0.3 is 16.0 Å². The summed E-state index contributed by atoms with van der Waals surface area (Å²) in [5.41, 5.74) is 6.35. The molecule has 1 aromatic carbocycles. The number of nitrogens with zero attached hydrogens (tertiary/aromatic N) is 1. The molecule has 5 nitrogen and oxygen atoms in total. The van der Waals surface area contributed by atoms with E-state index in [1.807, 2.05) is 0 Å². The largest absolute Gasteiger partial charge is 0.397 e. The van der Waals surface area contributed by atoms with Crippen LogP contribution in [0.4, 0.5) is 5.69 Å². The van der Waals surface area contributed by atoms with Gasteiger partial charge in [-0.1, -0.05) is 17.7 Å². The van der Waals surface area contributed by atoms with E-state index in [9.17, 15) is 9.59 Å². The number of hydrogen-bond acceptors (Lipinski definition) is 3. The minimum Gasteiger partial charge on any atom is -0.397 e. The molecule has 1 rings (SSSR count). The molecule has 0 fully saturated rings. The average molecular weight is 270 g/mol. The summed E-state index contributed by atoms with van der Waals surface area (Å²) >= 11 is 5.85. The number of anilines is 1. The van der Waals surface area contributed by atoms with Gasteiger partial charge in [0.2, 0.25) is 5.91 Å². The van der Waals surface area contributed by atoms with Crippen molar-refractivity contribution in [2.24, 2.45) is 0 Å². The van der Waals surface area contributed by atoms with Crippen molar-refractivity contribution in [2.75, 3.05) is 26.4 Å². The van der Waals surface area contributed by atoms with Gasteiger partial charge >= 0.3 is 0 Å². The summed E-state index contributed by atoms with van der Waals surface area (Å²) in [7, 11) is 3.17. The van der Waals surface area contributed by atoms with Gasteiger partial charge in [-0.25, -0.2) is 0 Å². The molecule has 0 saturated carbocycles. The first-order chi connectivity index (χ1) is 8.47. The van der Waals surface area contributed by atoms with Gasteiger partial charge in [0, 0.05) is 27.1 Å². The first-order valence-corrected chi connectivity index (χ1v) is 5.85. The second kappa shape index (κ2) is 6.26. The topological polar surface area (TPSA) is 75.4 Å². The molecule has 0 aliphatic rings. The summed E-state index contributed by atoms with van der Waals surface area (Å²) in [6.45, 7) is 0.324. The summed E-state index contributed by atoms with van der Waals surface area (Å²) in [5, 5.41) is 2.84. The monoisotopic (exact) mass is 269 g/mol. The Labute approximate surface area is 111 Å². The van der Waals surface area contributed by atoms with E-state index in [2.05, 4.69) is 5.32 Å². The zero-order valence-corrected chi connectivity index (χ0v) is 11.1. The summed E-state index contributed by atoms with van der Waals surface area (Å²) < 4.78 is 0. The van der Waals surface area contributed by atoms with Crippen LogP contribution in [0.2, 0.25) is 5.02 Å². The molecule has 6 heteroatoms. The number of rotatable bonds is 4. The molecule has 0 aliphatic heterocycles. The number of nitrogen functional groups attached to an aromatic ring is 1. The van der Waals surface area contributed by atoms with Gasteiger partial charge in [-0.3, -0.25) is 9.59 Å². The molecule has 98 valence electrons. The molecule has 1 aromatic rings. The highest BCUT2D eigenvalue weighted by Crippen LogP contribution is 2.23. The second-order valence-electron chi connectivity index (χ2n) is 3.85. The molecule has 0 unspecified atom stereocenters. The van der Waals surface area contributed by atoms with Gasteiger partial charge in [-0.05, 0) is 12.1 Å². The van der Waals surface area contributed by atoms with Crippen LogP contribution in [-0.4, -0.2) is 37.4 Å². The summed E-state index contributed by atoms with van der Waals surface area (Å²) in [6.07, 6.45) is 0.249. The standard InChI is InChI=1S/C12H16ClN3O2/c1-15-10(17)6-7-16(2)12(18)8-4-3-5-9(13)11(8)14/h3-5H,6-7,14H2,1-2H3,(H,15,17). The van der Waals surface area contributed by atoms with Crippen LogP contribution in [0, 0.1) is 0 Å². The fourth-order valence-corrected chi connectivity index (χ4v) is 1.60. The highest BCUT2D eigenvalue weighted by molar-refractivity contribution is 6.33. The van der Waals surface area contributed by atoms with E-state index in [0.717, 1.165) is 0 Å². The lowest BCUT2D eigenvalue weighted by molar-refractivity contribution is -0.120. The van der Waals surface area contributed by atoms with Crippen LogP contribution in [0.3, 0.4) is 0 Å². The lowest BCUT2D eigenvalue weighted by atomic mass is 10.1. The number of nitrogens with one attached hydrogen (secondary N) is 1. The molecular weight excluding hydrogens is 254 g/mol. The molecule has 0 radical (unpaired) electrons. The number of benzene rings is 1. The minimum atomic E-state index is -0.251. The number of hydrogen-bond donors (Lipinski definition) is 2. The number of nitrogens with two attached hydrogens (primary N) is 1. The minimum absolute atomic E-state index is 0.117. The lowest BCUT2D eigenvalue weighted by Crippen LogP contribution is -2.31. The first kappa shape index (κ1) is 14.3. The smallest absolute Gasteiger partial charge is 0.255 e. The lowest BCUT2D eigenvalue weighted by Gasteiger charge is -2.18. The van der Waals surface area contributed by atoms with Crippen molar-refractivity contribution in [1.82, 2.24) is 10.2 Å². The Morgan fingerprint density at radius 1 is 1.44 bits per heavy atom. The van der Waals surface area contributed by atoms with Crippen LogP contribution in [0.25, 0.3) is 0 Å². The second-order valence-corrected chi connectivity index (χ2v) is 4.26. The van der Waals surface area contributed by atoms with Crippen LogP contribution < -0.4 is 11.1 Å². The van der Waals surface area contributed by atoms with E-state index < -0.39 is 0 Å². The third-order valence-electron chi connectivity index (χ3n) is 2.58. The summed E-state index contributed by atoms with van der Waals surface area (Å²) in [4.78, 5) is 24.6. The maximum Gasteiger partial charge on any atom is 0.255 e. The van der Waals surface area contributed by atoms with E-state index in [1.54, 1.807) is 32.3 Å². The number of carbonyl (C=O) groups is 2. The van der Waals surface area contributed by atoms with Crippen molar-refractivity contribution in [3.05, 3.63) is 28.8 Å². The van der Waals surface area contributed by atoms with Gasteiger partial charge in [-0.2, -0.15) is 0 Å². The van der Waals surface area contributed by atoms with E-state index in [0.29, 0.717) is 17.1 Å². The van der Waals surface area contributed by atoms with Crippen molar-refractivity contribution < 1.29 is 9.59 Å². The Morgan fingerprint density at radius 3 is 2.72 bits per heavy atom. The Bertz CT molecular complexity index is 463. The van der Waals surface area contributed by atoms with Gasteiger partial charge in [0.15, 0.2) is 0 Å². The van der Waals surface area contributed by atoms with Crippen molar-refractivity contribution in [1.29, 1.82) is 0 Å². The highest BCUT2D eigenvalue weighted by atomic mass is 35.5. The fourth-order valence-electron chi connectivity index (χ4n) is 1.42. The molecular formula is C12H16ClN3O2. The number of para-hydroxylation sites is 1. The number of carbonyl (C=O) groups excluding carboxylic acids is 2. The van der Waals surface area contributed by atoms with Crippen molar-refractivity contribution in [2.45, 2.75) is 6.42 Å². The first-order valence-electron chi connectivity index (χ1n) is 5.47. The summed E-state index contributed by atoms with van der Waals surface area (Å²) in [6, 6.07) is 4.90. The van der Waals surface area contributed by atoms with Gasteiger partial charge in [-0.15, -0.1) is 0 Å². The Morgan fingerprint density at radius 2 is 2.11 bits per heavy atom. The summed E-state index contributed by atoms with van der Waals surface area (Å²) in [5.74, 6) is -0.368. The van der Waals surface area contributed by atoms with Crippen LogP contribution in [-0.2, 0) is 4.79 Å². The quantitative estimate of drug-likeness (QED) is 0.805. The van der Waals surface area contributed by atoms with E-state index in [4.69, 9.17) is 17.3 Å². The molecule has 0 atom stereocenters. The van der Waals surface area contributed by atoms with Gasteiger partial charge in [0.05, 0.1) is 16.3 Å². The van der Waals surface area contributed by atoms with Gasteiger partial charge in [0.25, 0.3) is 5.91 Å². The molecule has 3 N–H and O–H groups in total. The zero-order chi connectivity index (χ0) is 13.7. The number of amides is 2. The van der Waals surface area contributed by atoms with Crippen LogP contribution in [0.5, 0.6) is 0 Å². The van der Waals surface area contributed by atoms with Crippen molar-refractivity contribution in [3.63, 3.8) is 0 Å².